The Labute approximate surface area is 90.0 Å². The Morgan fingerprint density at radius 1 is 1.60 bits per heavy atom. The molecule has 1 atom stereocenters. The number of piperidine rings is 1. The second-order valence-electron chi connectivity index (χ2n) is 4.70. The van der Waals surface area contributed by atoms with E-state index in [2.05, 4.69) is 16.7 Å². The van der Waals surface area contributed by atoms with Gasteiger partial charge in [0.05, 0.1) is 12.1 Å². The molecule has 0 aromatic rings. The van der Waals surface area contributed by atoms with Crippen molar-refractivity contribution in [2.45, 2.75) is 38.1 Å². The van der Waals surface area contributed by atoms with Crippen molar-refractivity contribution in [1.82, 2.24) is 10.6 Å². The van der Waals surface area contributed by atoms with E-state index in [9.17, 15) is 4.79 Å². The zero-order valence-corrected chi connectivity index (χ0v) is 8.88. The molecule has 2 aliphatic rings. The fourth-order valence-electron chi connectivity index (χ4n) is 2.07. The van der Waals surface area contributed by atoms with Gasteiger partial charge in [0.2, 0.25) is 5.91 Å². The van der Waals surface area contributed by atoms with Crippen molar-refractivity contribution in [1.29, 1.82) is 5.26 Å². The van der Waals surface area contributed by atoms with E-state index in [0.29, 0.717) is 6.42 Å². The number of rotatable bonds is 4. The van der Waals surface area contributed by atoms with Gasteiger partial charge in [0.1, 0.15) is 0 Å². The molecule has 0 bridgehead atoms. The van der Waals surface area contributed by atoms with Gasteiger partial charge in [-0.15, -0.1) is 0 Å². The normalized spacial score (nSPS) is 27.9. The number of carbonyl (C=O) groups is 1. The highest BCUT2D eigenvalue weighted by Gasteiger charge is 2.42. The van der Waals surface area contributed by atoms with E-state index in [1.54, 1.807) is 0 Å². The number of nitrogens with one attached hydrogen (secondary N) is 2. The molecule has 1 aliphatic carbocycles. The third-order valence-electron chi connectivity index (χ3n) is 3.42. The largest absolute Gasteiger partial charge is 0.355 e. The molecule has 1 heterocycles. The molecule has 15 heavy (non-hydrogen) atoms. The van der Waals surface area contributed by atoms with Crippen molar-refractivity contribution >= 4 is 5.91 Å². The Kier molecular flexibility index (Phi) is 2.92. The number of hydrogen-bond donors (Lipinski definition) is 2. The van der Waals surface area contributed by atoms with Crippen molar-refractivity contribution in [3.63, 3.8) is 0 Å². The molecule has 2 N–H and O–H groups in total. The third kappa shape index (κ3) is 2.48. The number of amides is 1. The van der Waals surface area contributed by atoms with Crippen molar-refractivity contribution < 1.29 is 4.79 Å². The maximum atomic E-state index is 11.5. The molecule has 0 radical (unpaired) electrons. The lowest BCUT2D eigenvalue weighted by Gasteiger charge is -2.24. The van der Waals surface area contributed by atoms with Gasteiger partial charge in [-0.1, -0.05) is 0 Å². The van der Waals surface area contributed by atoms with Crippen LogP contribution in [0.2, 0.25) is 0 Å². The smallest absolute Gasteiger partial charge is 0.237 e. The van der Waals surface area contributed by atoms with Gasteiger partial charge in [-0.3, -0.25) is 4.79 Å². The molecule has 2 fully saturated rings. The van der Waals surface area contributed by atoms with Crippen LogP contribution in [0.5, 0.6) is 0 Å². The second-order valence-corrected chi connectivity index (χ2v) is 4.70. The Morgan fingerprint density at radius 2 is 2.40 bits per heavy atom. The zero-order valence-electron chi connectivity index (χ0n) is 8.88. The van der Waals surface area contributed by atoms with Crippen LogP contribution in [0, 0.1) is 16.7 Å². The quantitative estimate of drug-likeness (QED) is 0.707. The molecule has 1 saturated heterocycles. The Balaban J connectivity index is 1.78. The highest BCUT2D eigenvalue weighted by molar-refractivity contribution is 5.82. The van der Waals surface area contributed by atoms with Crippen LogP contribution in [0.1, 0.15) is 32.1 Å². The lowest BCUT2D eigenvalue weighted by atomic mass is 10.0. The van der Waals surface area contributed by atoms with Crippen LogP contribution in [0.4, 0.5) is 0 Å². The van der Waals surface area contributed by atoms with Gasteiger partial charge in [0.25, 0.3) is 0 Å². The molecule has 4 nitrogen and oxygen atoms in total. The molecule has 0 aromatic carbocycles. The molecular weight excluding hydrogens is 190 g/mol. The van der Waals surface area contributed by atoms with Gasteiger partial charge in [-0.2, -0.15) is 5.26 Å². The number of nitrogens with zero attached hydrogens (tertiary/aromatic N) is 1. The lowest BCUT2D eigenvalue weighted by Crippen LogP contribution is -2.49. The number of nitriles is 1. The summed E-state index contributed by atoms with van der Waals surface area (Å²) in [6, 6.07) is 2.20. The summed E-state index contributed by atoms with van der Waals surface area (Å²) in [6.07, 6.45) is 4.85. The Bertz CT molecular complexity index is 291. The molecule has 1 unspecified atom stereocenters. The average molecular weight is 207 g/mol. The van der Waals surface area contributed by atoms with Crippen LogP contribution in [0.3, 0.4) is 0 Å². The molecule has 1 amide bonds. The molecule has 0 aromatic heterocycles. The summed E-state index contributed by atoms with van der Waals surface area (Å²) in [6.45, 7) is 1.62. The van der Waals surface area contributed by atoms with Crippen LogP contribution in [-0.2, 0) is 4.79 Å². The SMILES string of the molecule is N#CCC1(CNC2CCCNC2=O)CC1. The van der Waals surface area contributed by atoms with E-state index in [1.807, 2.05) is 0 Å². The highest BCUT2D eigenvalue weighted by Crippen LogP contribution is 2.47. The predicted molar refractivity (Wildman–Crippen MR) is 55.9 cm³/mol. The molecule has 4 heteroatoms. The van der Waals surface area contributed by atoms with Crippen LogP contribution < -0.4 is 10.6 Å². The van der Waals surface area contributed by atoms with E-state index in [0.717, 1.165) is 38.8 Å². The van der Waals surface area contributed by atoms with Gasteiger partial charge in [-0.05, 0) is 31.1 Å². The van der Waals surface area contributed by atoms with Crippen molar-refractivity contribution in [2.75, 3.05) is 13.1 Å². The number of carbonyl (C=O) groups excluding carboxylic acids is 1. The Hall–Kier alpha value is -1.08. The summed E-state index contributed by atoms with van der Waals surface area (Å²) in [5.74, 6) is 0.119. The first-order valence-electron chi connectivity index (χ1n) is 5.64. The van der Waals surface area contributed by atoms with E-state index in [-0.39, 0.29) is 17.4 Å². The summed E-state index contributed by atoms with van der Waals surface area (Å²) < 4.78 is 0. The maximum Gasteiger partial charge on any atom is 0.237 e. The minimum Gasteiger partial charge on any atom is -0.355 e. The zero-order chi connectivity index (χ0) is 10.7. The van der Waals surface area contributed by atoms with Gasteiger partial charge >= 0.3 is 0 Å². The summed E-state index contributed by atoms with van der Waals surface area (Å²) in [5.41, 5.74) is 0.187. The maximum absolute atomic E-state index is 11.5. The first-order valence-corrected chi connectivity index (χ1v) is 5.64. The highest BCUT2D eigenvalue weighted by atomic mass is 16.2. The van der Waals surface area contributed by atoms with Crippen molar-refractivity contribution in [3.05, 3.63) is 0 Å². The minimum atomic E-state index is -0.0325. The summed E-state index contributed by atoms with van der Waals surface area (Å²) in [7, 11) is 0. The standard InChI is InChI=1S/C11H17N3O/c12-6-5-11(3-4-11)8-14-9-2-1-7-13-10(9)15/h9,14H,1-5,7-8H2,(H,13,15). The number of hydrogen-bond acceptors (Lipinski definition) is 3. The minimum absolute atomic E-state index is 0.0325. The van der Waals surface area contributed by atoms with Gasteiger partial charge in [0, 0.05) is 19.5 Å². The van der Waals surface area contributed by atoms with E-state index >= 15 is 0 Å². The van der Waals surface area contributed by atoms with Gasteiger partial charge < -0.3 is 10.6 Å². The van der Waals surface area contributed by atoms with Crippen LogP contribution in [0.15, 0.2) is 0 Å². The molecule has 82 valence electrons. The molecule has 0 spiro atoms. The summed E-state index contributed by atoms with van der Waals surface area (Å²) >= 11 is 0. The first kappa shape index (κ1) is 10.4. The molecular formula is C11H17N3O. The van der Waals surface area contributed by atoms with Gasteiger partial charge in [0.15, 0.2) is 0 Å². The topological polar surface area (TPSA) is 64.9 Å². The summed E-state index contributed by atoms with van der Waals surface area (Å²) in [5, 5.41) is 14.8. The predicted octanol–water partition coefficient (Wildman–Crippen LogP) is 0.548. The molecule has 2 rings (SSSR count). The summed E-state index contributed by atoms with van der Waals surface area (Å²) in [4.78, 5) is 11.5. The van der Waals surface area contributed by atoms with Crippen LogP contribution in [0.25, 0.3) is 0 Å². The first-order chi connectivity index (χ1) is 7.26. The monoisotopic (exact) mass is 207 g/mol. The lowest BCUT2D eigenvalue weighted by molar-refractivity contribution is -0.124. The van der Waals surface area contributed by atoms with Crippen LogP contribution in [-0.4, -0.2) is 25.0 Å². The second kappa shape index (κ2) is 4.19. The van der Waals surface area contributed by atoms with E-state index < -0.39 is 0 Å². The van der Waals surface area contributed by atoms with Gasteiger partial charge in [-0.25, -0.2) is 0 Å². The van der Waals surface area contributed by atoms with Crippen LogP contribution >= 0.6 is 0 Å². The molecule has 1 aliphatic heterocycles. The average Bonchev–Trinajstić information content (AvgIpc) is 2.98. The van der Waals surface area contributed by atoms with Crippen molar-refractivity contribution in [3.8, 4) is 6.07 Å². The molecule has 1 saturated carbocycles. The van der Waals surface area contributed by atoms with Crippen molar-refractivity contribution in [2.24, 2.45) is 5.41 Å². The van der Waals surface area contributed by atoms with E-state index in [4.69, 9.17) is 5.26 Å². The fourth-order valence-corrected chi connectivity index (χ4v) is 2.07. The fraction of sp³-hybridized carbons (Fsp3) is 0.818. The van der Waals surface area contributed by atoms with E-state index in [1.165, 1.54) is 0 Å². The Morgan fingerprint density at radius 3 is 3.00 bits per heavy atom. The third-order valence-corrected chi connectivity index (χ3v) is 3.42.